The van der Waals surface area contributed by atoms with Crippen LogP contribution in [0.1, 0.15) is 18.5 Å². The number of nitrogens with one attached hydrogen (secondary N) is 1. The minimum atomic E-state index is 0.293. The third-order valence-corrected chi connectivity index (χ3v) is 4.52. The molecule has 122 valence electrons. The first kappa shape index (κ1) is 15.8. The van der Waals surface area contributed by atoms with E-state index in [1.807, 2.05) is 37.0 Å². The van der Waals surface area contributed by atoms with Crippen LogP contribution in [0.15, 0.2) is 38.6 Å². The lowest BCUT2D eigenvalue weighted by molar-refractivity contribution is 0.403. The molecule has 0 saturated heterocycles. The van der Waals surface area contributed by atoms with Crippen molar-refractivity contribution in [3.05, 3.63) is 36.1 Å². The number of thioether (sulfide) groups is 1. The van der Waals surface area contributed by atoms with Gasteiger partial charge < -0.3 is 18.8 Å². The summed E-state index contributed by atoms with van der Waals surface area (Å²) in [6, 6.07) is 4.07. The van der Waals surface area contributed by atoms with Gasteiger partial charge in [0.25, 0.3) is 5.89 Å². The molecule has 1 N–H and O–H groups in total. The molecule has 0 saturated carbocycles. The Morgan fingerprint density at radius 1 is 1.39 bits per heavy atom. The molecule has 3 aromatic rings. The molecule has 0 amide bonds. The summed E-state index contributed by atoms with van der Waals surface area (Å²) in [7, 11) is 3.87. The second kappa shape index (κ2) is 7.01. The molecule has 0 aromatic carbocycles. The Labute approximate surface area is 138 Å². The minimum Gasteiger partial charge on any atom is -0.455 e. The lowest BCUT2D eigenvalue weighted by Crippen LogP contribution is -2.24. The van der Waals surface area contributed by atoms with E-state index in [-0.39, 0.29) is 0 Å². The van der Waals surface area contributed by atoms with Gasteiger partial charge in [0, 0.05) is 31.9 Å². The Morgan fingerprint density at radius 3 is 3.00 bits per heavy atom. The molecule has 0 bridgehead atoms. The van der Waals surface area contributed by atoms with Crippen molar-refractivity contribution in [1.82, 2.24) is 25.0 Å². The molecule has 3 heterocycles. The van der Waals surface area contributed by atoms with Gasteiger partial charge in [-0.3, -0.25) is 0 Å². The predicted molar refractivity (Wildman–Crippen MR) is 87.0 cm³/mol. The first-order chi connectivity index (χ1) is 11.2. The number of rotatable bonds is 7. The molecule has 3 aromatic heterocycles. The Bertz CT molecular complexity index is 763. The summed E-state index contributed by atoms with van der Waals surface area (Å²) in [4.78, 5) is 8.64. The van der Waals surface area contributed by atoms with E-state index in [2.05, 4.69) is 27.4 Å². The summed E-state index contributed by atoms with van der Waals surface area (Å²) < 4.78 is 13.0. The molecule has 8 heteroatoms. The van der Waals surface area contributed by atoms with E-state index >= 15 is 0 Å². The van der Waals surface area contributed by atoms with Gasteiger partial charge in [0.2, 0.25) is 0 Å². The standard InChI is InChI=1S/C15H19N5O2S/c1-10(16-2)8-13-18-14(22-19-13)12-5-4-11(21-12)9-23-15-17-6-7-20(15)3/h4-7,10,16H,8-9H2,1-3H3. The van der Waals surface area contributed by atoms with Crippen molar-refractivity contribution >= 4 is 11.8 Å². The Morgan fingerprint density at radius 2 is 2.26 bits per heavy atom. The fraction of sp³-hybridized carbons (Fsp3) is 0.400. The maximum Gasteiger partial charge on any atom is 0.293 e. The van der Waals surface area contributed by atoms with Crippen LogP contribution < -0.4 is 5.32 Å². The summed E-state index contributed by atoms with van der Waals surface area (Å²) in [6.45, 7) is 2.07. The first-order valence-corrected chi connectivity index (χ1v) is 8.33. The molecule has 0 aliphatic heterocycles. The van der Waals surface area contributed by atoms with Gasteiger partial charge in [-0.05, 0) is 26.1 Å². The molecule has 0 aliphatic rings. The zero-order valence-corrected chi connectivity index (χ0v) is 14.1. The van der Waals surface area contributed by atoms with Gasteiger partial charge in [0.15, 0.2) is 16.7 Å². The number of likely N-dealkylation sites (N-methyl/N-ethyl adjacent to an activating group) is 1. The van der Waals surface area contributed by atoms with Crippen molar-refractivity contribution in [2.24, 2.45) is 7.05 Å². The first-order valence-electron chi connectivity index (χ1n) is 7.34. The summed E-state index contributed by atoms with van der Waals surface area (Å²) in [5.41, 5.74) is 0. The van der Waals surface area contributed by atoms with Crippen molar-refractivity contribution < 1.29 is 8.94 Å². The summed E-state index contributed by atoms with van der Waals surface area (Å²) in [6.07, 6.45) is 4.41. The third kappa shape index (κ3) is 3.83. The number of hydrogen-bond donors (Lipinski definition) is 1. The summed E-state index contributed by atoms with van der Waals surface area (Å²) in [5.74, 6) is 3.22. The van der Waals surface area contributed by atoms with Crippen molar-refractivity contribution in [2.75, 3.05) is 7.05 Å². The molecule has 1 atom stereocenters. The molecule has 0 radical (unpaired) electrons. The van der Waals surface area contributed by atoms with E-state index in [4.69, 9.17) is 8.94 Å². The fourth-order valence-electron chi connectivity index (χ4n) is 2.01. The third-order valence-electron chi connectivity index (χ3n) is 3.44. The molecular formula is C15H19N5O2S. The smallest absolute Gasteiger partial charge is 0.293 e. The molecule has 0 fully saturated rings. The van der Waals surface area contributed by atoms with Crippen LogP contribution in [0.25, 0.3) is 11.7 Å². The van der Waals surface area contributed by atoms with Gasteiger partial charge in [-0.25, -0.2) is 4.98 Å². The van der Waals surface area contributed by atoms with E-state index in [0.29, 0.717) is 35.7 Å². The van der Waals surface area contributed by atoms with E-state index in [0.717, 1.165) is 10.9 Å². The minimum absolute atomic E-state index is 0.293. The second-order valence-corrected chi connectivity index (χ2v) is 6.23. The Balaban J connectivity index is 1.63. The number of nitrogens with zero attached hydrogens (tertiary/aromatic N) is 4. The Hall–Kier alpha value is -2.06. The lowest BCUT2D eigenvalue weighted by atomic mass is 10.2. The largest absolute Gasteiger partial charge is 0.455 e. The zero-order valence-electron chi connectivity index (χ0n) is 13.3. The predicted octanol–water partition coefficient (Wildman–Crippen LogP) is 2.51. The van der Waals surface area contributed by atoms with E-state index in [1.165, 1.54) is 0 Å². The van der Waals surface area contributed by atoms with Crippen LogP contribution in [0.2, 0.25) is 0 Å². The second-order valence-electron chi connectivity index (χ2n) is 5.28. The highest BCUT2D eigenvalue weighted by Crippen LogP contribution is 2.25. The number of imidazole rings is 1. The highest BCUT2D eigenvalue weighted by Gasteiger charge is 2.15. The van der Waals surface area contributed by atoms with Crippen LogP contribution in [0.4, 0.5) is 0 Å². The molecule has 7 nitrogen and oxygen atoms in total. The van der Waals surface area contributed by atoms with E-state index in [9.17, 15) is 0 Å². The van der Waals surface area contributed by atoms with Gasteiger partial charge >= 0.3 is 0 Å². The van der Waals surface area contributed by atoms with Gasteiger partial charge in [0.05, 0.1) is 5.75 Å². The normalized spacial score (nSPS) is 12.7. The highest BCUT2D eigenvalue weighted by atomic mass is 32.2. The highest BCUT2D eigenvalue weighted by molar-refractivity contribution is 7.98. The average Bonchev–Trinajstić information content (AvgIpc) is 3.26. The number of hydrogen-bond acceptors (Lipinski definition) is 7. The number of furan rings is 1. The molecule has 1 unspecified atom stereocenters. The zero-order chi connectivity index (χ0) is 16.2. The van der Waals surface area contributed by atoms with E-state index < -0.39 is 0 Å². The van der Waals surface area contributed by atoms with Crippen molar-refractivity contribution in [1.29, 1.82) is 0 Å². The van der Waals surface area contributed by atoms with Crippen LogP contribution >= 0.6 is 11.8 Å². The van der Waals surface area contributed by atoms with Gasteiger partial charge in [0.1, 0.15) is 5.76 Å². The van der Waals surface area contributed by atoms with Crippen molar-refractivity contribution in [2.45, 2.75) is 30.3 Å². The van der Waals surface area contributed by atoms with Gasteiger partial charge in [-0.2, -0.15) is 4.98 Å². The number of aryl methyl sites for hydroxylation is 1. The van der Waals surface area contributed by atoms with Crippen LogP contribution in [0, 0.1) is 0 Å². The van der Waals surface area contributed by atoms with Crippen LogP contribution in [0.3, 0.4) is 0 Å². The van der Waals surface area contributed by atoms with Crippen molar-refractivity contribution in [3.8, 4) is 11.7 Å². The topological polar surface area (TPSA) is 81.9 Å². The van der Waals surface area contributed by atoms with Crippen LogP contribution in [-0.2, 0) is 19.2 Å². The lowest BCUT2D eigenvalue weighted by Gasteiger charge is -2.04. The molecule has 0 spiro atoms. The van der Waals surface area contributed by atoms with Crippen LogP contribution in [0.5, 0.6) is 0 Å². The fourth-order valence-corrected chi connectivity index (χ4v) is 2.84. The number of aromatic nitrogens is 4. The average molecular weight is 333 g/mol. The van der Waals surface area contributed by atoms with Gasteiger partial charge in [-0.15, -0.1) is 0 Å². The molecule has 0 aliphatic carbocycles. The van der Waals surface area contributed by atoms with E-state index in [1.54, 1.807) is 18.0 Å². The summed E-state index contributed by atoms with van der Waals surface area (Å²) in [5, 5.41) is 8.08. The maximum absolute atomic E-state index is 5.78. The summed E-state index contributed by atoms with van der Waals surface area (Å²) >= 11 is 1.62. The SMILES string of the molecule is CNC(C)Cc1noc(-c2ccc(CSc3nccn3C)o2)n1. The molecular weight excluding hydrogens is 314 g/mol. The Kier molecular flexibility index (Phi) is 4.82. The van der Waals surface area contributed by atoms with Crippen LogP contribution in [-0.4, -0.2) is 32.8 Å². The van der Waals surface area contributed by atoms with Gasteiger partial charge in [-0.1, -0.05) is 16.9 Å². The molecule has 3 rings (SSSR count). The van der Waals surface area contributed by atoms with Crippen molar-refractivity contribution in [3.63, 3.8) is 0 Å². The monoisotopic (exact) mass is 333 g/mol. The quantitative estimate of drug-likeness (QED) is 0.665. The maximum atomic E-state index is 5.78. The molecule has 23 heavy (non-hydrogen) atoms.